The number of hydrogen-bond donors (Lipinski definition) is 1. The summed E-state index contributed by atoms with van der Waals surface area (Å²) in [6.07, 6.45) is 0. The van der Waals surface area contributed by atoms with Crippen LogP contribution in [-0.2, 0) is 10.0 Å². The normalized spacial score (nSPS) is 20.3. The van der Waals surface area contributed by atoms with Crippen LogP contribution < -0.4 is 5.73 Å². The van der Waals surface area contributed by atoms with Gasteiger partial charge in [0.15, 0.2) is 0 Å². The summed E-state index contributed by atoms with van der Waals surface area (Å²) in [5.74, 6) is 0.169. The SMILES string of the molecule is CCS(=O)(=O)N1CCN(CC(N)=S)CC1. The lowest BCUT2D eigenvalue weighted by atomic mass is 10.3. The van der Waals surface area contributed by atoms with Crippen LogP contribution in [0.2, 0.25) is 0 Å². The van der Waals surface area contributed by atoms with Crippen LogP contribution in [0.15, 0.2) is 0 Å². The number of piperazine rings is 1. The van der Waals surface area contributed by atoms with Crippen LogP contribution >= 0.6 is 12.2 Å². The van der Waals surface area contributed by atoms with E-state index in [9.17, 15) is 8.42 Å². The van der Waals surface area contributed by atoms with E-state index >= 15 is 0 Å². The number of hydrogen-bond acceptors (Lipinski definition) is 4. The quantitative estimate of drug-likeness (QED) is 0.665. The van der Waals surface area contributed by atoms with Gasteiger partial charge in [-0.1, -0.05) is 12.2 Å². The number of rotatable bonds is 4. The molecule has 0 aromatic heterocycles. The fourth-order valence-corrected chi connectivity index (χ4v) is 2.84. The van der Waals surface area contributed by atoms with Gasteiger partial charge in [0.25, 0.3) is 0 Å². The molecule has 0 aromatic rings. The van der Waals surface area contributed by atoms with E-state index in [-0.39, 0.29) is 5.75 Å². The molecular formula is C8H17N3O2S2. The summed E-state index contributed by atoms with van der Waals surface area (Å²) >= 11 is 4.81. The summed E-state index contributed by atoms with van der Waals surface area (Å²) in [4.78, 5) is 2.53. The number of sulfonamides is 1. The summed E-state index contributed by atoms with van der Waals surface area (Å²) in [5.41, 5.74) is 5.43. The zero-order chi connectivity index (χ0) is 11.5. The highest BCUT2D eigenvalue weighted by molar-refractivity contribution is 7.89. The highest BCUT2D eigenvalue weighted by Gasteiger charge is 2.25. The second-order valence-electron chi connectivity index (χ2n) is 3.54. The molecule has 0 radical (unpaired) electrons. The molecule has 1 heterocycles. The lowest BCUT2D eigenvalue weighted by Gasteiger charge is -2.33. The molecule has 1 saturated heterocycles. The molecule has 1 fully saturated rings. The Morgan fingerprint density at radius 1 is 1.33 bits per heavy atom. The standard InChI is InChI=1S/C8H17N3O2S2/c1-2-15(12,13)11-5-3-10(4-6-11)7-8(9)14/h2-7H2,1H3,(H2,9,14). The van der Waals surface area contributed by atoms with Crippen LogP contribution in [0.4, 0.5) is 0 Å². The Kier molecular flexibility index (Phi) is 4.45. The monoisotopic (exact) mass is 251 g/mol. The van der Waals surface area contributed by atoms with Crippen molar-refractivity contribution in [3.05, 3.63) is 0 Å². The van der Waals surface area contributed by atoms with Crippen LogP contribution in [0.5, 0.6) is 0 Å². The minimum absolute atomic E-state index is 0.169. The van der Waals surface area contributed by atoms with E-state index in [2.05, 4.69) is 4.90 Å². The van der Waals surface area contributed by atoms with Crippen molar-refractivity contribution in [1.82, 2.24) is 9.21 Å². The van der Waals surface area contributed by atoms with Gasteiger partial charge in [-0.3, -0.25) is 4.90 Å². The van der Waals surface area contributed by atoms with Gasteiger partial charge in [-0.2, -0.15) is 4.31 Å². The lowest BCUT2D eigenvalue weighted by molar-refractivity contribution is 0.210. The van der Waals surface area contributed by atoms with E-state index in [4.69, 9.17) is 18.0 Å². The fraction of sp³-hybridized carbons (Fsp3) is 0.875. The minimum Gasteiger partial charge on any atom is -0.392 e. The van der Waals surface area contributed by atoms with Gasteiger partial charge in [0, 0.05) is 32.7 Å². The van der Waals surface area contributed by atoms with Crippen LogP contribution in [-0.4, -0.2) is 61.1 Å². The summed E-state index contributed by atoms with van der Waals surface area (Å²) in [6, 6.07) is 0. The van der Waals surface area contributed by atoms with E-state index < -0.39 is 10.0 Å². The van der Waals surface area contributed by atoms with E-state index in [1.807, 2.05) is 0 Å². The maximum absolute atomic E-state index is 11.5. The number of thiocarbonyl (C=S) groups is 1. The first-order valence-electron chi connectivity index (χ1n) is 4.94. The highest BCUT2D eigenvalue weighted by atomic mass is 32.2. The van der Waals surface area contributed by atoms with E-state index in [0.29, 0.717) is 37.7 Å². The number of nitrogens with zero attached hydrogens (tertiary/aromatic N) is 2. The molecule has 2 N–H and O–H groups in total. The zero-order valence-electron chi connectivity index (χ0n) is 8.85. The van der Waals surface area contributed by atoms with Crippen LogP contribution in [0.1, 0.15) is 6.92 Å². The molecule has 0 unspecified atom stereocenters. The maximum Gasteiger partial charge on any atom is 0.213 e. The summed E-state index contributed by atoms with van der Waals surface area (Å²) in [6.45, 7) is 4.73. The van der Waals surface area contributed by atoms with Crippen molar-refractivity contribution in [3.63, 3.8) is 0 Å². The lowest BCUT2D eigenvalue weighted by Crippen LogP contribution is -2.50. The van der Waals surface area contributed by atoms with Gasteiger partial charge in [0.1, 0.15) is 0 Å². The van der Waals surface area contributed by atoms with Crippen molar-refractivity contribution < 1.29 is 8.42 Å². The predicted octanol–water partition coefficient (Wildman–Crippen LogP) is -0.760. The van der Waals surface area contributed by atoms with Crippen molar-refractivity contribution in [2.45, 2.75) is 6.92 Å². The van der Waals surface area contributed by atoms with Crippen molar-refractivity contribution in [2.24, 2.45) is 5.73 Å². The Morgan fingerprint density at radius 2 is 1.87 bits per heavy atom. The summed E-state index contributed by atoms with van der Waals surface area (Å²) < 4.78 is 24.6. The van der Waals surface area contributed by atoms with E-state index in [1.54, 1.807) is 6.92 Å². The van der Waals surface area contributed by atoms with Gasteiger partial charge in [-0.25, -0.2) is 8.42 Å². The molecule has 1 aliphatic heterocycles. The third-order valence-electron chi connectivity index (χ3n) is 2.47. The Labute approximate surface area is 96.3 Å². The first-order valence-corrected chi connectivity index (χ1v) is 6.96. The molecule has 7 heteroatoms. The Morgan fingerprint density at radius 3 is 2.27 bits per heavy atom. The molecule has 1 rings (SSSR count). The molecule has 0 bridgehead atoms. The molecule has 0 amide bonds. The maximum atomic E-state index is 11.5. The van der Waals surface area contributed by atoms with Gasteiger partial charge in [-0.15, -0.1) is 0 Å². The Hall–Kier alpha value is -0.240. The second-order valence-corrected chi connectivity index (χ2v) is 6.32. The van der Waals surface area contributed by atoms with Gasteiger partial charge in [0.05, 0.1) is 10.7 Å². The molecule has 0 aromatic carbocycles. The largest absolute Gasteiger partial charge is 0.392 e. The second kappa shape index (κ2) is 5.20. The highest BCUT2D eigenvalue weighted by Crippen LogP contribution is 2.07. The molecule has 5 nitrogen and oxygen atoms in total. The van der Waals surface area contributed by atoms with Crippen molar-refractivity contribution in [1.29, 1.82) is 0 Å². The van der Waals surface area contributed by atoms with Gasteiger partial charge >= 0.3 is 0 Å². The van der Waals surface area contributed by atoms with Gasteiger partial charge < -0.3 is 5.73 Å². The zero-order valence-corrected chi connectivity index (χ0v) is 10.5. The molecule has 0 spiro atoms. The topological polar surface area (TPSA) is 66.6 Å². The molecular weight excluding hydrogens is 234 g/mol. The van der Waals surface area contributed by atoms with E-state index in [1.165, 1.54) is 4.31 Å². The summed E-state index contributed by atoms with van der Waals surface area (Å²) in [5, 5.41) is 0. The van der Waals surface area contributed by atoms with E-state index in [0.717, 1.165) is 0 Å². The van der Waals surface area contributed by atoms with Crippen molar-refractivity contribution in [2.75, 3.05) is 38.5 Å². The first-order chi connectivity index (χ1) is 6.95. The van der Waals surface area contributed by atoms with Crippen LogP contribution in [0.3, 0.4) is 0 Å². The molecule has 1 aliphatic rings. The summed E-state index contributed by atoms with van der Waals surface area (Å²) in [7, 11) is -3.03. The third kappa shape index (κ3) is 3.67. The smallest absolute Gasteiger partial charge is 0.213 e. The average molecular weight is 251 g/mol. The van der Waals surface area contributed by atoms with Crippen molar-refractivity contribution in [3.8, 4) is 0 Å². The number of nitrogens with two attached hydrogens (primary N) is 1. The Balaban J connectivity index is 2.46. The van der Waals surface area contributed by atoms with Gasteiger partial charge in [0.2, 0.25) is 10.0 Å². The molecule has 0 aliphatic carbocycles. The van der Waals surface area contributed by atoms with Crippen LogP contribution in [0, 0.1) is 0 Å². The van der Waals surface area contributed by atoms with Gasteiger partial charge in [-0.05, 0) is 6.92 Å². The molecule has 15 heavy (non-hydrogen) atoms. The molecule has 88 valence electrons. The fourth-order valence-electron chi connectivity index (χ4n) is 1.57. The Bertz CT molecular complexity index is 321. The average Bonchev–Trinajstić information content (AvgIpc) is 2.18. The molecule has 0 saturated carbocycles. The van der Waals surface area contributed by atoms with Crippen molar-refractivity contribution >= 4 is 27.2 Å². The minimum atomic E-state index is -3.03. The van der Waals surface area contributed by atoms with Crippen LogP contribution in [0.25, 0.3) is 0 Å². The first kappa shape index (κ1) is 12.8. The predicted molar refractivity (Wildman–Crippen MR) is 64.3 cm³/mol. The molecule has 0 atom stereocenters. The third-order valence-corrected chi connectivity index (χ3v) is 4.48.